The molecule has 2 aromatic rings. The summed E-state index contributed by atoms with van der Waals surface area (Å²) in [5.74, 6) is 0.515. The van der Waals surface area contributed by atoms with Gasteiger partial charge in [-0.3, -0.25) is 10.1 Å². The lowest BCUT2D eigenvalue weighted by atomic mass is 10.1. The first-order valence-electron chi connectivity index (χ1n) is 8.12. The van der Waals surface area contributed by atoms with Crippen molar-refractivity contribution in [1.82, 2.24) is 4.98 Å². The van der Waals surface area contributed by atoms with Crippen molar-refractivity contribution in [3.05, 3.63) is 51.0 Å². The van der Waals surface area contributed by atoms with Crippen LogP contribution in [0.4, 0.5) is 5.69 Å². The monoisotopic (exact) mass is 424 g/mol. The number of hydrogen-bond donors (Lipinski definition) is 0. The lowest BCUT2D eigenvalue weighted by Crippen LogP contribution is -2.03. The molecular weight excluding hydrogens is 404 g/mol. The summed E-state index contributed by atoms with van der Waals surface area (Å²) in [6, 6.07) is 4.29. The van der Waals surface area contributed by atoms with Gasteiger partial charge in [0.05, 0.1) is 44.7 Å². The summed E-state index contributed by atoms with van der Waals surface area (Å²) < 4.78 is 45.5. The van der Waals surface area contributed by atoms with Crippen LogP contribution in [0.25, 0.3) is 6.08 Å². The van der Waals surface area contributed by atoms with Crippen molar-refractivity contribution in [1.29, 1.82) is 0 Å². The Morgan fingerprint density at radius 1 is 1.03 bits per heavy atom. The maximum atomic E-state index is 12.5. The number of methoxy groups -OCH3 is 4. The van der Waals surface area contributed by atoms with E-state index in [2.05, 4.69) is 4.98 Å². The third kappa shape index (κ3) is 5.35. The van der Waals surface area contributed by atoms with Gasteiger partial charge in [-0.15, -0.1) is 0 Å². The van der Waals surface area contributed by atoms with Crippen LogP contribution in [0.2, 0.25) is 0 Å². The number of aromatic nitrogens is 1. The zero-order chi connectivity index (χ0) is 21.6. The molecule has 0 bridgehead atoms. The normalized spacial score (nSPS) is 11.3. The van der Waals surface area contributed by atoms with Gasteiger partial charge in [-0.1, -0.05) is 0 Å². The molecule has 2 rings (SSSR count). The van der Waals surface area contributed by atoms with E-state index < -0.39 is 26.2 Å². The van der Waals surface area contributed by atoms with Crippen molar-refractivity contribution in [3.8, 4) is 23.1 Å². The van der Waals surface area contributed by atoms with Crippen LogP contribution in [0.3, 0.4) is 0 Å². The van der Waals surface area contributed by atoms with Crippen LogP contribution in [0.1, 0.15) is 11.1 Å². The maximum Gasteiger partial charge on any atom is 0.331 e. The van der Waals surface area contributed by atoms with Crippen molar-refractivity contribution in [2.75, 3.05) is 28.4 Å². The largest absolute Gasteiger partial charge is 0.496 e. The highest BCUT2D eigenvalue weighted by atomic mass is 32.2. The third-order valence-corrected chi connectivity index (χ3v) is 5.13. The number of ether oxygens (including phenoxy) is 4. The number of pyridine rings is 1. The molecule has 0 amide bonds. The Morgan fingerprint density at radius 3 is 2.14 bits per heavy atom. The lowest BCUT2D eigenvalue weighted by Gasteiger charge is -2.12. The molecule has 1 heterocycles. The predicted molar refractivity (Wildman–Crippen MR) is 105 cm³/mol. The Bertz CT molecular complexity index is 1010. The Balaban J connectivity index is 2.36. The average molecular weight is 424 g/mol. The molecule has 0 spiro atoms. The first-order chi connectivity index (χ1) is 13.7. The fraction of sp³-hybridized carbons (Fsp3) is 0.278. The number of nitro groups is 1. The van der Waals surface area contributed by atoms with Gasteiger partial charge in [0.25, 0.3) is 5.88 Å². The molecule has 11 heteroatoms. The molecule has 0 aliphatic carbocycles. The molecular formula is C18H20N2O8S. The summed E-state index contributed by atoms with van der Waals surface area (Å²) in [6.45, 7) is 0. The molecule has 0 atom stereocenters. The van der Waals surface area contributed by atoms with Crippen LogP contribution in [0.15, 0.2) is 29.8 Å². The number of nitrogens with zero attached hydrogens (tertiary/aromatic N) is 2. The second-order valence-corrected chi connectivity index (χ2v) is 7.57. The molecule has 0 unspecified atom stereocenters. The van der Waals surface area contributed by atoms with Crippen LogP contribution in [-0.2, 0) is 15.6 Å². The van der Waals surface area contributed by atoms with Crippen LogP contribution in [-0.4, -0.2) is 46.8 Å². The number of benzene rings is 1. The van der Waals surface area contributed by atoms with Crippen LogP contribution >= 0.6 is 0 Å². The molecule has 1 aromatic heterocycles. The van der Waals surface area contributed by atoms with Crippen molar-refractivity contribution in [2.45, 2.75) is 5.75 Å². The minimum absolute atomic E-state index is 0.149. The highest BCUT2D eigenvalue weighted by molar-refractivity contribution is 7.93. The summed E-state index contributed by atoms with van der Waals surface area (Å²) in [5.41, 5.74) is 0.136. The molecule has 0 saturated carbocycles. The standard InChI is InChI=1S/C18H20N2O8S/c1-25-13-8-16(26-2)14(17(9-13)27-3)5-6-29(23,24)11-12-7-15(20(21)22)18(28-4)19-10-12/h5-10H,11H2,1-4H3/b6-5+. The topological polar surface area (TPSA) is 127 Å². The summed E-state index contributed by atoms with van der Waals surface area (Å²) >= 11 is 0. The SMILES string of the molecule is COc1cc(OC)c(/C=C/S(=O)(=O)Cc2cnc(OC)c([N+](=O)[O-])c2)c(OC)c1. The van der Waals surface area contributed by atoms with E-state index in [9.17, 15) is 18.5 Å². The average Bonchev–Trinajstić information content (AvgIpc) is 2.71. The van der Waals surface area contributed by atoms with Gasteiger partial charge in [-0.2, -0.15) is 0 Å². The Hall–Kier alpha value is -3.34. The number of hydrogen-bond acceptors (Lipinski definition) is 9. The van der Waals surface area contributed by atoms with Gasteiger partial charge in [-0.25, -0.2) is 13.4 Å². The fourth-order valence-corrected chi connectivity index (χ4v) is 3.56. The van der Waals surface area contributed by atoms with E-state index in [1.54, 1.807) is 12.1 Å². The second-order valence-electron chi connectivity index (χ2n) is 5.68. The van der Waals surface area contributed by atoms with E-state index in [-0.39, 0.29) is 11.4 Å². The predicted octanol–water partition coefficient (Wildman–Crippen LogP) is 2.61. The quantitative estimate of drug-likeness (QED) is 0.441. The first-order valence-corrected chi connectivity index (χ1v) is 9.84. The fourth-order valence-electron chi connectivity index (χ4n) is 2.50. The van der Waals surface area contributed by atoms with Crippen LogP contribution in [0.5, 0.6) is 23.1 Å². The Labute approximate surface area is 167 Å². The molecule has 1 aromatic carbocycles. The Morgan fingerprint density at radius 2 is 1.66 bits per heavy atom. The molecule has 10 nitrogen and oxygen atoms in total. The van der Waals surface area contributed by atoms with E-state index in [1.165, 1.54) is 40.7 Å². The molecule has 0 radical (unpaired) electrons. The summed E-state index contributed by atoms with van der Waals surface area (Å²) in [6.07, 6.45) is 2.55. The van der Waals surface area contributed by atoms with E-state index in [0.717, 1.165) is 11.5 Å². The van der Waals surface area contributed by atoms with E-state index in [0.29, 0.717) is 22.8 Å². The van der Waals surface area contributed by atoms with Crippen molar-refractivity contribution in [2.24, 2.45) is 0 Å². The van der Waals surface area contributed by atoms with Gasteiger partial charge in [0.1, 0.15) is 17.2 Å². The van der Waals surface area contributed by atoms with E-state index >= 15 is 0 Å². The highest BCUT2D eigenvalue weighted by Crippen LogP contribution is 2.35. The van der Waals surface area contributed by atoms with Gasteiger partial charge in [0.15, 0.2) is 9.84 Å². The van der Waals surface area contributed by atoms with E-state index in [1.807, 2.05) is 0 Å². The van der Waals surface area contributed by atoms with Crippen molar-refractivity contribution >= 4 is 21.6 Å². The van der Waals surface area contributed by atoms with Gasteiger partial charge in [-0.05, 0) is 11.6 Å². The lowest BCUT2D eigenvalue weighted by molar-refractivity contribution is -0.386. The Kier molecular flexibility index (Phi) is 6.99. The third-order valence-electron chi connectivity index (χ3n) is 3.84. The van der Waals surface area contributed by atoms with Crippen molar-refractivity contribution in [3.63, 3.8) is 0 Å². The summed E-state index contributed by atoms with van der Waals surface area (Å²) in [4.78, 5) is 14.2. The zero-order valence-electron chi connectivity index (χ0n) is 16.2. The van der Waals surface area contributed by atoms with E-state index in [4.69, 9.17) is 18.9 Å². The molecule has 0 aliphatic heterocycles. The van der Waals surface area contributed by atoms with Gasteiger partial charge < -0.3 is 18.9 Å². The molecule has 29 heavy (non-hydrogen) atoms. The van der Waals surface area contributed by atoms with Gasteiger partial charge in [0, 0.05) is 29.8 Å². The van der Waals surface area contributed by atoms with Crippen LogP contribution < -0.4 is 18.9 Å². The number of sulfone groups is 1. The molecule has 0 aliphatic rings. The summed E-state index contributed by atoms with van der Waals surface area (Å²) in [7, 11) is 1.80. The highest BCUT2D eigenvalue weighted by Gasteiger charge is 2.19. The van der Waals surface area contributed by atoms with Gasteiger partial charge in [0.2, 0.25) is 0 Å². The van der Waals surface area contributed by atoms with Crippen molar-refractivity contribution < 1.29 is 32.3 Å². The smallest absolute Gasteiger partial charge is 0.331 e. The maximum absolute atomic E-state index is 12.5. The summed E-state index contributed by atoms with van der Waals surface area (Å²) in [5, 5.41) is 12.1. The molecule has 156 valence electrons. The molecule has 0 saturated heterocycles. The van der Waals surface area contributed by atoms with Crippen LogP contribution in [0, 0.1) is 10.1 Å². The minimum Gasteiger partial charge on any atom is -0.496 e. The second kappa shape index (κ2) is 9.24. The molecule has 0 fully saturated rings. The first kappa shape index (κ1) is 22.0. The molecule has 0 N–H and O–H groups in total. The minimum atomic E-state index is -3.79. The zero-order valence-corrected chi connectivity index (χ0v) is 17.1. The number of rotatable bonds is 9. The van der Waals surface area contributed by atoms with Gasteiger partial charge >= 0.3 is 5.69 Å².